The summed E-state index contributed by atoms with van der Waals surface area (Å²) in [6.07, 6.45) is 6.05. The molecule has 6 rings (SSSR count). The molecule has 2 aliphatic heterocycles. The SMILES string of the molecule is Nc1ccc2n(cc[n+]2CC2=C(C(=O)O)N3C(=O)[C@@H](NC(=O)/C(=N\OC4CCC4)c4nsc(N)n4)[C@H]3SC2)n1. The second-order valence-corrected chi connectivity index (χ2v) is 11.0. The third kappa shape index (κ3) is 4.52. The summed E-state index contributed by atoms with van der Waals surface area (Å²) in [5.41, 5.74) is 12.4. The molecule has 17 heteroatoms. The Morgan fingerprint density at radius 1 is 1.31 bits per heavy atom. The fourth-order valence-corrected chi connectivity index (χ4v) is 6.24. The Morgan fingerprint density at radius 2 is 2.13 bits per heavy atom. The molecule has 3 aromatic rings. The van der Waals surface area contributed by atoms with Gasteiger partial charge in [0.1, 0.15) is 36.0 Å². The maximum absolute atomic E-state index is 13.2. The number of hydrogen-bond acceptors (Lipinski definition) is 12. The average Bonchev–Trinajstić information content (AvgIpc) is 3.48. The molecule has 2 amide bonds. The molecule has 3 aromatic heterocycles. The molecule has 0 aromatic carbocycles. The van der Waals surface area contributed by atoms with Gasteiger partial charge in [-0.2, -0.15) is 9.36 Å². The monoisotopic (exact) mass is 571 g/mol. The van der Waals surface area contributed by atoms with Gasteiger partial charge < -0.3 is 26.7 Å². The number of rotatable bonds is 8. The number of nitrogens with zero attached hydrogens (tertiary/aromatic N) is 7. The van der Waals surface area contributed by atoms with E-state index in [1.54, 1.807) is 29.0 Å². The van der Waals surface area contributed by atoms with Crippen molar-refractivity contribution < 1.29 is 28.9 Å². The number of aliphatic carboxylic acids is 1. The Kier molecular flexibility index (Phi) is 6.30. The van der Waals surface area contributed by atoms with Gasteiger partial charge in [0, 0.05) is 28.9 Å². The number of amides is 2. The van der Waals surface area contributed by atoms with Crippen molar-refractivity contribution in [1.82, 2.24) is 29.2 Å². The minimum Gasteiger partial charge on any atom is -0.477 e. The fraction of sp³-hybridized carbons (Fsp3) is 0.364. The molecule has 3 aliphatic rings. The first-order valence-electron chi connectivity index (χ1n) is 12.0. The summed E-state index contributed by atoms with van der Waals surface area (Å²) in [4.78, 5) is 49.3. The summed E-state index contributed by atoms with van der Waals surface area (Å²) >= 11 is 2.27. The second-order valence-electron chi connectivity index (χ2n) is 9.16. The molecule has 1 saturated carbocycles. The third-order valence-corrected chi connectivity index (χ3v) is 8.54. The topological polar surface area (TPSA) is 207 Å². The van der Waals surface area contributed by atoms with Gasteiger partial charge in [0.05, 0.1) is 0 Å². The van der Waals surface area contributed by atoms with Gasteiger partial charge in [0.25, 0.3) is 11.8 Å². The molecule has 0 unspecified atom stereocenters. The van der Waals surface area contributed by atoms with Crippen molar-refractivity contribution >= 4 is 63.4 Å². The van der Waals surface area contributed by atoms with Crippen molar-refractivity contribution in [3.8, 4) is 0 Å². The fourth-order valence-electron chi connectivity index (χ4n) is 4.47. The van der Waals surface area contributed by atoms with E-state index in [4.69, 9.17) is 16.3 Å². The number of nitrogens with one attached hydrogen (secondary N) is 1. The van der Waals surface area contributed by atoms with Crippen molar-refractivity contribution in [2.24, 2.45) is 5.16 Å². The predicted octanol–water partition coefficient (Wildman–Crippen LogP) is -0.650. The van der Waals surface area contributed by atoms with Crippen molar-refractivity contribution in [3.63, 3.8) is 0 Å². The summed E-state index contributed by atoms with van der Waals surface area (Å²) < 4.78 is 7.47. The number of β-lactam (4-membered cyclic amide) rings is 1. The summed E-state index contributed by atoms with van der Waals surface area (Å²) in [6.45, 7) is 0.233. The van der Waals surface area contributed by atoms with Gasteiger partial charge in [0.2, 0.25) is 11.5 Å². The van der Waals surface area contributed by atoms with Gasteiger partial charge >= 0.3 is 11.6 Å². The van der Waals surface area contributed by atoms with E-state index in [1.807, 2.05) is 4.57 Å². The number of oxime groups is 1. The van der Waals surface area contributed by atoms with Gasteiger partial charge in [-0.05, 0) is 25.3 Å². The highest BCUT2D eigenvalue weighted by Gasteiger charge is 2.54. The molecular formula is C22H23N10O5S2+. The van der Waals surface area contributed by atoms with Crippen LogP contribution in [0.15, 0.2) is 41.0 Å². The molecule has 0 bridgehead atoms. The van der Waals surface area contributed by atoms with Crippen LogP contribution in [0.4, 0.5) is 10.9 Å². The minimum absolute atomic E-state index is 0.00396. The van der Waals surface area contributed by atoms with E-state index in [2.05, 4.69) is 24.9 Å². The molecule has 6 N–H and O–H groups in total. The number of anilines is 2. The molecule has 0 spiro atoms. The molecule has 1 aliphatic carbocycles. The number of hydrogen-bond donors (Lipinski definition) is 4. The highest BCUT2D eigenvalue weighted by molar-refractivity contribution is 8.00. The van der Waals surface area contributed by atoms with Gasteiger partial charge in [-0.3, -0.25) is 14.5 Å². The number of carbonyl (C=O) groups is 3. The number of nitrogen functional groups attached to an aromatic ring is 2. The van der Waals surface area contributed by atoms with Crippen LogP contribution in [0.2, 0.25) is 0 Å². The molecule has 2 fully saturated rings. The molecule has 39 heavy (non-hydrogen) atoms. The lowest BCUT2D eigenvalue weighted by Crippen LogP contribution is -2.71. The van der Waals surface area contributed by atoms with Crippen LogP contribution < -0.4 is 21.4 Å². The van der Waals surface area contributed by atoms with E-state index >= 15 is 0 Å². The Morgan fingerprint density at radius 3 is 2.82 bits per heavy atom. The zero-order valence-corrected chi connectivity index (χ0v) is 21.9. The minimum atomic E-state index is -1.22. The largest absolute Gasteiger partial charge is 0.477 e. The molecular weight excluding hydrogens is 548 g/mol. The maximum Gasteiger partial charge on any atom is 0.352 e. The standard InChI is InChI=1S/C22H22N10O5S2/c23-12-4-5-13-30(6-7-31(13)27-12)8-10-9-38-20-15(19(34)32(20)16(10)21(35)36)25-18(33)14(17-26-22(24)39-29-17)28-37-11-2-1-3-11/h4-7,11,15,20H,1-3,8-9H2,(H5-,23,24,25,26,27,29,33,35,36)/p+1/b28-14-/t15-,20-/m1/s1. The van der Waals surface area contributed by atoms with E-state index in [0.29, 0.717) is 22.8 Å². The predicted molar refractivity (Wildman–Crippen MR) is 139 cm³/mol. The summed E-state index contributed by atoms with van der Waals surface area (Å²) in [5.74, 6) is -1.79. The third-order valence-electron chi connectivity index (χ3n) is 6.65. The Labute approximate surface area is 228 Å². The summed E-state index contributed by atoms with van der Waals surface area (Å²) in [7, 11) is 0. The van der Waals surface area contributed by atoms with Crippen molar-refractivity contribution in [2.75, 3.05) is 17.2 Å². The van der Waals surface area contributed by atoms with Crippen LogP contribution in [0.3, 0.4) is 0 Å². The number of imidazole rings is 1. The number of aromatic nitrogens is 5. The Balaban J connectivity index is 1.21. The van der Waals surface area contributed by atoms with E-state index in [-0.39, 0.29) is 35.0 Å². The van der Waals surface area contributed by atoms with Gasteiger partial charge in [-0.15, -0.1) is 11.8 Å². The lowest BCUT2D eigenvalue weighted by molar-refractivity contribution is -0.662. The lowest BCUT2D eigenvalue weighted by Gasteiger charge is -2.49. The van der Waals surface area contributed by atoms with Crippen LogP contribution in [-0.2, 0) is 25.8 Å². The number of carboxylic acid groups (broad SMARTS) is 1. The van der Waals surface area contributed by atoms with Gasteiger partial charge in [0.15, 0.2) is 17.1 Å². The molecule has 5 heterocycles. The molecule has 202 valence electrons. The quantitative estimate of drug-likeness (QED) is 0.116. The van der Waals surface area contributed by atoms with Crippen LogP contribution in [0, 0.1) is 0 Å². The first-order valence-corrected chi connectivity index (χ1v) is 13.8. The van der Waals surface area contributed by atoms with Crippen LogP contribution in [0.1, 0.15) is 25.1 Å². The van der Waals surface area contributed by atoms with E-state index in [1.165, 1.54) is 16.7 Å². The van der Waals surface area contributed by atoms with Crippen LogP contribution >= 0.6 is 23.3 Å². The first kappa shape index (κ1) is 25.1. The zero-order valence-electron chi connectivity index (χ0n) is 20.3. The Bertz CT molecular complexity index is 1560. The van der Waals surface area contributed by atoms with E-state index < -0.39 is 29.2 Å². The number of carboxylic acids is 1. The van der Waals surface area contributed by atoms with Crippen LogP contribution in [-0.4, -0.2) is 75.7 Å². The van der Waals surface area contributed by atoms with Crippen LogP contribution in [0.5, 0.6) is 0 Å². The van der Waals surface area contributed by atoms with Crippen molar-refractivity contribution in [2.45, 2.75) is 43.3 Å². The normalized spacial score (nSPS) is 21.4. The zero-order chi connectivity index (χ0) is 27.3. The van der Waals surface area contributed by atoms with Gasteiger partial charge in [-0.1, -0.05) is 14.8 Å². The maximum atomic E-state index is 13.2. The highest BCUT2D eigenvalue weighted by atomic mass is 32.2. The summed E-state index contributed by atoms with van der Waals surface area (Å²) in [6, 6.07) is 2.47. The average molecular weight is 572 g/mol. The van der Waals surface area contributed by atoms with Gasteiger partial charge in [-0.25, -0.2) is 9.36 Å². The summed E-state index contributed by atoms with van der Waals surface area (Å²) in [5, 5.41) is 20.4. The number of fused-ring (bicyclic) bond motifs is 2. The smallest absolute Gasteiger partial charge is 0.352 e. The van der Waals surface area contributed by atoms with E-state index in [9.17, 15) is 19.5 Å². The van der Waals surface area contributed by atoms with Crippen molar-refractivity contribution in [1.29, 1.82) is 0 Å². The number of nitrogens with two attached hydrogens (primary N) is 2. The lowest BCUT2D eigenvalue weighted by atomic mass is 9.97. The molecule has 15 nitrogen and oxygen atoms in total. The number of thioether (sulfide) groups is 1. The molecule has 2 atom stereocenters. The Hall–Kier alpha value is -4.25. The second kappa shape index (κ2) is 9.81. The molecule has 0 radical (unpaired) electrons. The van der Waals surface area contributed by atoms with Crippen LogP contribution in [0.25, 0.3) is 5.65 Å². The first-order chi connectivity index (χ1) is 18.8. The number of carbonyl (C=O) groups excluding carboxylic acids is 2. The highest BCUT2D eigenvalue weighted by Crippen LogP contribution is 2.40. The van der Waals surface area contributed by atoms with Crippen molar-refractivity contribution in [3.05, 3.63) is 41.6 Å². The molecule has 1 saturated heterocycles. The van der Waals surface area contributed by atoms with E-state index in [0.717, 1.165) is 30.8 Å².